The van der Waals surface area contributed by atoms with Gasteiger partial charge in [0.15, 0.2) is 0 Å². The van der Waals surface area contributed by atoms with Crippen molar-refractivity contribution in [3.8, 4) is 5.75 Å². The Morgan fingerprint density at radius 3 is 2.27 bits per heavy atom. The molecule has 1 aromatic carbocycles. The molecule has 0 amide bonds. The number of rotatable bonds is 1. The van der Waals surface area contributed by atoms with Crippen LogP contribution < -0.4 is 0 Å². The van der Waals surface area contributed by atoms with Gasteiger partial charge < -0.3 is 5.11 Å². The summed E-state index contributed by atoms with van der Waals surface area (Å²) in [5.41, 5.74) is 2.08. The van der Waals surface area contributed by atoms with Crippen LogP contribution in [-0.2, 0) is 0 Å². The highest BCUT2D eigenvalue weighted by Gasteiger charge is 1.95. The fourth-order valence-electron chi connectivity index (χ4n) is 0.684. The minimum atomic E-state index is 0.216. The van der Waals surface area contributed by atoms with Gasteiger partial charge in [0.05, 0.1) is 5.03 Å². The number of phenols is 1. The molecule has 0 aliphatic heterocycles. The van der Waals surface area contributed by atoms with Crippen molar-refractivity contribution in [2.24, 2.45) is 0 Å². The first-order valence-electron chi connectivity index (χ1n) is 2.99. The number of hydrogen-bond donors (Lipinski definition) is 1. The van der Waals surface area contributed by atoms with Gasteiger partial charge in [0.25, 0.3) is 0 Å². The van der Waals surface area contributed by atoms with E-state index in [2.05, 4.69) is 0 Å². The second-order valence-electron chi connectivity index (χ2n) is 2.00. The second kappa shape index (κ2) is 3.65. The number of phenolic OH excluding ortho intramolecular Hbond substituents is 1. The Kier molecular flexibility index (Phi) is 2.80. The second-order valence-corrected chi connectivity index (χ2v) is 2.63. The summed E-state index contributed by atoms with van der Waals surface area (Å²) in [4.78, 5) is 0. The molecule has 0 aromatic heterocycles. The lowest BCUT2D eigenvalue weighted by molar-refractivity contribution is 0.475. The molecule has 0 atom stereocenters. The molecule has 0 saturated carbocycles. The molecule has 0 heterocycles. The summed E-state index contributed by atoms with van der Waals surface area (Å²) < 4.78 is 0. The first-order valence-corrected chi connectivity index (χ1v) is 3.81. The van der Waals surface area contributed by atoms with Crippen LogP contribution in [0.5, 0.6) is 5.75 Å². The predicted octanol–water partition coefficient (Wildman–Crippen LogP) is 3.17. The molecule has 11 heavy (non-hydrogen) atoms. The average molecular weight is 189 g/mol. The summed E-state index contributed by atoms with van der Waals surface area (Å²) in [6.45, 7) is 0. The maximum atomic E-state index is 8.92. The fourth-order valence-corrected chi connectivity index (χ4v) is 0.936. The maximum absolute atomic E-state index is 8.92. The normalized spacial score (nSPS) is 11.6. The lowest BCUT2D eigenvalue weighted by Gasteiger charge is -1.96. The minimum absolute atomic E-state index is 0.216. The van der Waals surface area contributed by atoms with Crippen molar-refractivity contribution in [3.05, 3.63) is 35.4 Å². The van der Waals surface area contributed by atoms with Crippen LogP contribution in [0.25, 0.3) is 5.03 Å². The lowest BCUT2D eigenvalue weighted by Crippen LogP contribution is -1.73. The van der Waals surface area contributed by atoms with Gasteiger partial charge in [0.2, 0.25) is 0 Å². The van der Waals surface area contributed by atoms with E-state index in [1.165, 1.54) is 5.54 Å². The van der Waals surface area contributed by atoms with Crippen molar-refractivity contribution in [2.75, 3.05) is 0 Å². The molecule has 0 saturated heterocycles. The standard InChI is InChI=1S/C8H6Cl2O/c9-5-8(10)6-1-3-7(11)4-2-6/h1-5,11H. The van der Waals surface area contributed by atoms with Crippen molar-refractivity contribution in [3.63, 3.8) is 0 Å². The van der Waals surface area contributed by atoms with E-state index in [0.717, 1.165) is 5.56 Å². The zero-order chi connectivity index (χ0) is 8.27. The SMILES string of the molecule is Oc1ccc(C(Cl)=CCl)cc1. The molecule has 0 aliphatic carbocycles. The van der Waals surface area contributed by atoms with E-state index < -0.39 is 0 Å². The van der Waals surface area contributed by atoms with Crippen molar-refractivity contribution in [2.45, 2.75) is 0 Å². The third-order valence-corrected chi connectivity index (χ3v) is 1.90. The van der Waals surface area contributed by atoms with E-state index in [9.17, 15) is 0 Å². The fraction of sp³-hybridized carbons (Fsp3) is 0. The summed E-state index contributed by atoms with van der Waals surface area (Å²) in [5, 5.41) is 9.38. The smallest absolute Gasteiger partial charge is 0.115 e. The summed E-state index contributed by atoms with van der Waals surface area (Å²) in [6.07, 6.45) is 0. The van der Waals surface area contributed by atoms with Gasteiger partial charge in [-0.25, -0.2) is 0 Å². The molecule has 0 fully saturated rings. The summed E-state index contributed by atoms with van der Waals surface area (Å²) in [6, 6.07) is 6.49. The number of aromatic hydroxyl groups is 1. The van der Waals surface area contributed by atoms with Gasteiger partial charge in [0.1, 0.15) is 5.75 Å². The van der Waals surface area contributed by atoms with E-state index in [4.69, 9.17) is 28.3 Å². The van der Waals surface area contributed by atoms with Gasteiger partial charge in [-0.2, -0.15) is 0 Å². The van der Waals surface area contributed by atoms with Crippen molar-refractivity contribution in [1.29, 1.82) is 0 Å². The van der Waals surface area contributed by atoms with Gasteiger partial charge in [0, 0.05) is 5.54 Å². The van der Waals surface area contributed by atoms with E-state index >= 15 is 0 Å². The van der Waals surface area contributed by atoms with E-state index in [0.29, 0.717) is 5.03 Å². The molecule has 0 radical (unpaired) electrons. The van der Waals surface area contributed by atoms with Crippen LogP contribution in [0.4, 0.5) is 0 Å². The van der Waals surface area contributed by atoms with Crippen molar-refractivity contribution < 1.29 is 5.11 Å². The summed E-state index contributed by atoms with van der Waals surface area (Å²) in [5.74, 6) is 0.216. The molecule has 0 bridgehead atoms. The highest BCUT2D eigenvalue weighted by atomic mass is 35.5. The Bertz CT molecular complexity index is 264. The minimum Gasteiger partial charge on any atom is -0.508 e. The first kappa shape index (κ1) is 8.44. The molecule has 3 heteroatoms. The Balaban J connectivity index is 2.99. The Morgan fingerprint density at radius 1 is 1.27 bits per heavy atom. The van der Waals surface area contributed by atoms with Crippen LogP contribution in [0, 0.1) is 0 Å². The largest absolute Gasteiger partial charge is 0.508 e. The highest BCUT2D eigenvalue weighted by molar-refractivity contribution is 6.52. The zero-order valence-corrected chi connectivity index (χ0v) is 7.10. The third-order valence-electron chi connectivity index (χ3n) is 1.24. The highest BCUT2D eigenvalue weighted by Crippen LogP contribution is 2.21. The zero-order valence-electron chi connectivity index (χ0n) is 5.59. The van der Waals surface area contributed by atoms with Crippen molar-refractivity contribution >= 4 is 28.2 Å². The Labute approximate surface area is 74.9 Å². The van der Waals surface area contributed by atoms with Gasteiger partial charge in [-0.1, -0.05) is 23.2 Å². The Morgan fingerprint density at radius 2 is 1.82 bits per heavy atom. The monoisotopic (exact) mass is 188 g/mol. The van der Waals surface area contributed by atoms with Gasteiger partial charge in [-0.15, -0.1) is 0 Å². The van der Waals surface area contributed by atoms with Crippen LogP contribution in [0.15, 0.2) is 29.8 Å². The van der Waals surface area contributed by atoms with Gasteiger partial charge >= 0.3 is 0 Å². The van der Waals surface area contributed by atoms with Crippen LogP contribution in [0.3, 0.4) is 0 Å². The first-order chi connectivity index (χ1) is 5.24. The molecule has 0 aliphatic rings. The van der Waals surface area contributed by atoms with Crippen LogP contribution in [0.2, 0.25) is 0 Å². The topological polar surface area (TPSA) is 20.2 Å². The Hall–Kier alpha value is -0.660. The quantitative estimate of drug-likeness (QED) is 0.719. The molecular formula is C8H6Cl2O. The summed E-state index contributed by atoms with van der Waals surface area (Å²) >= 11 is 11.1. The molecule has 1 rings (SSSR count). The molecule has 1 nitrogen and oxygen atoms in total. The van der Waals surface area contributed by atoms with E-state index in [1.807, 2.05) is 0 Å². The average Bonchev–Trinajstić information content (AvgIpc) is 2.05. The molecule has 1 N–H and O–H groups in total. The molecule has 0 unspecified atom stereocenters. The third kappa shape index (κ3) is 2.14. The van der Waals surface area contributed by atoms with Crippen LogP contribution in [0.1, 0.15) is 5.56 Å². The number of hydrogen-bond acceptors (Lipinski definition) is 1. The molecule has 0 spiro atoms. The predicted molar refractivity (Wildman–Crippen MR) is 47.8 cm³/mol. The van der Waals surface area contributed by atoms with E-state index in [1.54, 1.807) is 24.3 Å². The molecular weight excluding hydrogens is 183 g/mol. The van der Waals surface area contributed by atoms with Crippen molar-refractivity contribution in [1.82, 2.24) is 0 Å². The van der Waals surface area contributed by atoms with E-state index in [-0.39, 0.29) is 5.75 Å². The maximum Gasteiger partial charge on any atom is 0.115 e. The van der Waals surface area contributed by atoms with Crippen LogP contribution in [-0.4, -0.2) is 5.11 Å². The number of halogens is 2. The van der Waals surface area contributed by atoms with Gasteiger partial charge in [-0.3, -0.25) is 0 Å². The summed E-state index contributed by atoms with van der Waals surface area (Å²) in [7, 11) is 0. The van der Waals surface area contributed by atoms with Gasteiger partial charge in [-0.05, 0) is 29.8 Å². The molecule has 58 valence electrons. The van der Waals surface area contributed by atoms with Crippen LogP contribution >= 0.6 is 23.2 Å². The number of benzene rings is 1. The molecule has 1 aromatic rings. The lowest BCUT2D eigenvalue weighted by atomic mass is 10.2.